The van der Waals surface area contributed by atoms with Gasteiger partial charge in [0.25, 0.3) is 6.43 Å². The van der Waals surface area contributed by atoms with E-state index >= 15 is 0 Å². The quantitative estimate of drug-likeness (QED) is 0.675. The molecule has 0 unspecified atom stereocenters. The van der Waals surface area contributed by atoms with Crippen molar-refractivity contribution in [3.63, 3.8) is 0 Å². The first-order valence-corrected chi connectivity index (χ1v) is 8.19. The van der Waals surface area contributed by atoms with E-state index in [2.05, 4.69) is 51.7 Å². The summed E-state index contributed by atoms with van der Waals surface area (Å²) in [5.74, 6) is 0. The first-order valence-electron chi connectivity index (χ1n) is 8.19. The first-order chi connectivity index (χ1) is 10.9. The molecular formula is C20H26F2N2. The summed E-state index contributed by atoms with van der Waals surface area (Å²) < 4.78 is 25.5. The molecule has 0 N–H and O–H groups in total. The highest BCUT2D eigenvalue weighted by Crippen LogP contribution is 2.37. The fourth-order valence-corrected chi connectivity index (χ4v) is 3.02. The second kappa shape index (κ2) is 6.23. The van der Waals surface area contributed by atoms with Crippen LogP contribution in [0.2, 0.25) is 0 Å². The molecule has 0 atom stereocenters. The third kappa shape index (κ3) is 3.63. The summed E-state index contributed by atoms with van der Waals surface area (Å²) in [4.78, 5) is 0. The van der Waals surface area contributed by atoms with Crippen LogP contribution in [0, 0.1) is 6.92 Å². The Kier molecular flexibility index (Phi) is 4.80. The summed E-state index contributed by atoms with van der Waals surface area (Å²) in [5.41, 5.74) is 4.63. The highest BCUT2D eigenvalue weighted by Gasteiger charge is 2.30. The van der Waals surface area contributed by atoms with Gasteiger partial charge >= 0.3 is 0 Å². The number of aromatic nitrogens is 2. The van der Waals surface area contributed by atoms with Gasteiger partial charge in [0.15, 0.2) is 0 Å². The molecule has 0 radical (unpaired) electrons. The van der Waals surface area contributed by atoms with Gasteiger partial charge in [0.2, 0.25) is 0 Å². The largest absolute Gasteiger partial charge is 0.263 e. The molecule has 0 aliphatic rings. The fraction of sp³-hybridized carbons (Fsp3) is 0.500. The van der Waals surface area contributed by atoms with Gasteiger partial charge in [-0.15, -0.1) is 5.10 Å². The third-order valence-corrected chi connectivity index (χ3v) is 4.11. The van der Waals surface area contributed by atoms with Crippen molar-refractivity contribution in [3.05, 3.63) is 46.6 Å². The molecule has 24 heavy (non-hydrogen) atoms. The Balaban J connectivity index is 2.65. The molecule has 4 heteroatoms. The van der Waals surface area contributed by atoms with Gasteiger partial charge in [-0.05, 0) is 23.5 Å². The van der Waals surface area contributed by atoms with Crippen LogP contribution >= 0.6 is 0 Å². The molecule has 0 saturated heterocycles. The smallest absolute Gasteiger partial charge is 0.205 e. The third-order valence-electron chi connectivity index (χ3n) is 4.11. The predicted octanol–water partition coefficient (Wildman–Crippen LogP) is 5.98. The van der Waals surface area contributed by atoms with E-state index in [1.807, 2.05) is 6.92 Å². The van der Waals surface area contributed by atoms with Crippen LogP contribution in [0.3, 0.4) is 0 Å². The van der Waals surface area contributed by atoms with Crippen LogP contribution in [-0.4, -0.2) is 10.2 Å². The zero-order valence-corrected chi connectivity index (χ0v) is 15.5. The Morgan fingerprint density at radius 2 is 1.38 bits per heavy atom. The number of alkyl halides is 2. The number of rotatable bonds is 2. The van der Waals surface area contributed by atoms with Crippen molar-refractivity contribution in [2.45, 2.75) is 65.7 Å². The maximum absolute atomic E-state index is 12.8. The molecular weight excluding hydrogens is 306 g/mol. The summed E-state index contributed by atoms with van der Waals surface area (Å²) in [6.07, 6.45) is -2.46. The topological polar surface area (TPSA) is 25.8 Å². The minimum atomic E-state index is -2.46. The van der Waals surface area contributed by atoms with Gasteiger partial charge < -0.3 is 0 Å². The number of hydrogen-bond donors (Lipinski definition) is 0. The van der Waals surface area contributed by atoms with Gasteiger partial charge in [-0.3, -0.25) is 0 Å². The maximum atomic E-state index is 12.8. The van der Waals surface area contributed by atoms with Gasteiger partial charge in [0, 0.05) is 16.5 Å². The summed E-state index contributed by atoms with van der Waals surface area (Å²) in [6, 6.07) is 6.30. The molecule has 1 heterocycles. The van der Waals surface area contributed by atoms with E-state index in [1.54, 1.807) is 12.1 Å². The lowest BCUT2D eigenvalue weighted by Crippen LogP contribution is -2.26. The average Bonchev–Trinajstić information content (AvgIpc) is 2.44. The number of benzene rings is 1. The molecule has 2 rings (SSSR count). The molecule has 1 aromatic carbocycles. The number of nitrogens with zero attached hydrogens (tertiary/aromatic N) is 2. The predicted molar refractivity (Wildman–Crippen MR) is 94.6 cm³/mol. The molecule has 0 aliphatic carbocycles. The van der Waals surface area contributed by atoms with Crippen LogP contribution in [0.5, 0.6) is 0 Å². The molecule has 0 amide bonds. The monoisotopic (exact) mass is 332 g/mol. The molecule has 2 nitrogen and oxygen atoms in total. The van der Waals surface area contributed by atoms with Crippen LogP contribution in [0.15, 0.2) is 24.3 Å². The molecule has 1 aromatic heterocycles. The van der Waals surface area contributed by atoms with Gasteiger partial charge in [-0.1, -0.05) is 65.8 Å². The van der Waals surface area contributed by atoms with Crippen molar-refractivity contribution in [1.29, 1.82) is 0 Å². The Bertz CT molecular complexity index is 721. The van der Waals surface area contributed by atoms with Gasteiger partial charge in [0.1, 0.15) is 0 Å². The highest BCUT2D eigenvalue weighted by molar-refractivity contribution is 5.65. The van der Waals surface area contributed by atoms with E-state index in [-0.39, 0.29) is 16.4 Å². The van der Waals surface area contributed by atoms with Crippen LogP contribution in [0.1, 0.15) is 70.4 Å². The van der Waals surface area contributed by atoms with Crippen molar-refractivity contribution >= 4 is 0 Å². The van der Waals surface area contributed by atoms with E-state index in [4.69, 9.17) is 0 Å². The lowest BCUT2D eigenvalue weighted by Gasteiger charge is -2.30. The van der Waals surface area contributed by atoms with E-state index in [9.17, 15) is 8.78 Å². The molecule has 130 valence electrons. The molecule has 0 fully saturated rings. The fourth-order valence-electron chi connectivity index (χ4n) is 3.02. The van der Waals surface area contributed by atoms with E-state index in [0.717, 1.165) is 22.5 Å². The van der Waals surface area contributed by atoms with Gasteiger partial charge in [-0.2, -0.15) is 5.10 Å². The summed E-state index contributed by atoms with van der Waals surface area (Å²) >= 11 is 0. The minimum absolute atomic E-state index is 0.0201. The first kappa shape index (κ1) is 18.5. The Morgan fingerprint density at radius 3 is 1.79 bits per heavy atom. The average molecular weight is 332 g/mol. The lowest BCUT2D eigenvalue weighted by molar-refractivity contribution is 0.151. The lowest BCUT2D eigenvalue weighted by atomic mass is 9.76. The molecule has 2 aromatic rings. The molecule has 0 aliphatic heterocycles. The van der Waals surface area contributed by atoms with E-state index in [0.29, 0.717) is 0 Å². The number of halogens is 2. The molecule has 0 saturated carbocycles. The second-order valence-corrected chi connectivity index (χ2v) is 8.32. The zero-order valence-electron chi connectivity index (χ0n) is 15.5. The van der Waals surface area contributed by atoms with E-state index in [1.165, 1.54) is 17.7 Å². The summed E-state index contributed by atoms with van der Waals surface area (Å²) in [7, 11) is 0. The van der Waals surface area contributed by atoms with Crippen LogP contribution in [-0.2, 0) is 10.8 Å². The highest BCUT2D eigenvalue weighted by atomic mass is 19.3. The van der Waals surface area contributed by atoms with Crippen molar-refractivity contribution in [2.75, 3.05) is 0 Å². The molecule has 0 bridgehead atoms. The molecule has 0 spiro atoms. The normalized spacial score (nSPS) is 12.8. The number of hydrogen-bond acceptors (Lipinski definition) is 2. The SMILES string of the molecule is Cc1c(-c2ccc(C(F)F)cc2)nnc(C(C)(C)C)c1C(C)(C)C. The van der Waals surface area contributed by atoms with Crippen LogP contribution in [0.25, 0.3) is 11.3 Å². The maximum Gasteiger partial charge on any atom is 0.263 e. The zero-order chi connectivity index (χ0) is 18.3. The Labute approximate surface area is 143 Å². The summed E-state index contributed by atoms with van der Waals surface area (Å²) in [6.45, 7) is 14.9. The van der Waals surface area contributed by atoms with Crippen molar-refractivity contribution in [2.24, 2.45) is 0 Å². The van der Waals surface area contributed by atoms with Crippen LogP contribution < -0.4 is 0 Å². The van der Waals surface area contributed by atoms with Crippen molar-refractivity contribution in [3.8, 4) is 11.3 Å². The van der Waals surface area contributed by atoms with Crippen molar-refractivity contribution in [1.82, 2.24) is 10.2 Å². The minimum Gasteiger partial charge on any atom is -0.205 e. The Hall–Kier alpha value is -1.84. The second-order valence-electron chi connectivity index (χ2n) is 8.32. The van der Waals surface area contributed by atoms with E-state index < -0.39 is 6.43 Å². The van der Waals surface area contributed by atoms with Crippen molar-refractivity contribution < 1.29 is 8.78 Å². The summed E-state index contributed by atoms with van der Waals surface area (Å²) in [5, 5.41) is 8.94. The van der Waals surface area contributed by atoms with Crippen LogP contribution in [0.4, 0.5) is 8.78 Å². The van der Waals surface area contributed by atoms with Gasteiger partial charge in [0.05, 0.1) is 11.4 Å². The standard InChI is InChI=1S/C20H26F2N2/c1-12-15(19(2,3)4)17(20(5,6)7)24-23-16(12)13-8-10-14(11-9-13)18(21)22/h8-11,18H,1-7H3. The Morgan fingerprint density at radius 1 is 0.833 bits per heavy atom. The van der Waals surface area contributed by atoms with Gasteiger partial charge in [-0.25, -0.2) is 8.78 Å².